The van der Waals surface area contributed by atoms with Gasteiger partial charge in [0.15, 0.2) is 0 Å². The summed E-state index contributed by atoms with van der Waals surface area (Å²) >= 11 is 0. The number of amides is 1. The number of hydrogen-bond donors (Lipinski definition) is 1. The van der Waals surface area contributed by atoms with Crippen LogP contribution in [0.1, 0.15) is 0 Å². The number of carbonyl (C=O) groups is 2. The molecule has 2 aliphatic rings. The molecule has 0 spiro atoms. The van der Waals surface area contributed by atoms with E-state index in [-0.39, 0.29) is 12.4 Å². The number of nitrogens with zero attached hydrogens (tertiary/aromatic N) is 4. The molecule has 30 heavy (non-hydrogen) atoms. The van der Waals surface area contributed by atoms with Gasteiger partial charge in [0.2, 0.25) is 5.91 Å². The Labute approximate surface area is 178 Å². The molecular formula is C21H34N4O5. The summed E-state index contributed by atoms with van der Waals surface area (Å²) in [5.74, 6) is 1.93. The Morgan fingerprint density at radius 3 is 2.27 bits per heavy atom. The third-order valence-electron chi connectivity index (χ3n) is 5.40. The zero-order valence-electron chi connectivity index (χ0n) is 18.0. The van der Waals surface area contributed by atoms with Crippen LogP contribution in [0.25, 0.3) is 0 Å². The highest BCUT2D eigenvalue weighted by Gasteiger charge is 2.23. The number of methoxy groups -OCH3 is 1. The first kappa shape index (κ1) is 23.9. The van der Waals surface area contributed by atoms with E-state index in [2.05, 4.69) is 21.7 Å². The molecule has 168 valence electrons. The van der Waals surface area contributed by atoms with E-state index < -0.39 is 0 Å². The van der Waals surface area contributed by atoms with Crippen molar-refractivity contribution in [3.05, 3.63) is 24.3 Å². The van der Waals surface area contributed by atoms with Crippen molar-refractivity contribution >= 4 is 12.4 Å². The van der Waals surface area contributed by atoms with Crippen LogP contribution in [0.2, 0.25) is 0 Å². The highest BCUT2D eigenvalue weighted by atomic mass is 16.5. The molecule has 9 nitrogen and oxygen atoms in total. The van der Waals surface area contributed by atoms with Gasteiger partial charge < -0.3 is 24.4 Å². The molecule has 0 radical (unpaired) electrons. The Bertz CT molecular complexity index is 644. The number of hydrogen-bond acceptors (Lipinski definition) is 7. The fourth-order valence-corrected chi connectivity index (χ4v) is 3.50. The Morgan fingerprint density at radius 2 is 1.63 bits per heavy atom. The molecule has 0 atom stereocenters. The molecule has 0 aliphatic carbocycles. The van der Waals surface area contributed by atoms with E-state index in [9.17, 15) is 4.79 Å². The van der Waals surface area contributed by atoms with Crippen LogP contribution in [-0.2, 0) is 9.59 Å². The van der Waals surface area contributed by atoms with Gasteiger partial charge in [0.1, 0.15) is 18.1 Å². The second-order valence-electron chi connectivity index (χ2n) is 7.43. The van der Waals surface area contributed by atoms with E-state index in [1.54, 1.807) is 7.11 Å². The van der Waals surface area contributed by atoms with Gasteiger partial charge in [0, 0.05) is 65.0 Å². The first-order valence-corrected chi connectivity index (χ1v) is 10.3. The maximum atomic E-state index is 12.5. The molecule has 2 saturated heterocycles. The van der Waals surface area contributed by atoms with Crippen LogP contribution < -0.4 is 9.47 Å². The summed E-state index contributed by atoms with van der Waals surface area (Å²) in [6.45, 7) is 9.39. The van der Waals surface area contributed by atoms with E-state index in [4.69, 9.17) is 19.4 Å². The highest BCUT2D eigenvalue weighted by Crippen LogP contribution is 2.18. The standard InChI is InChI=1S/C20H32N4O3.CH2O2/c1-21-6-12-24(13-7-21)20(25)17-23-10-8-22(9-11-23)14-15-27-19-5-3-4-18(16-19)26-2;2-1-3/h3-5,16H,6-15,17H2,1-2H3;1H,(H,2,3). The largest absolute Gasteiger partial charge is 0.497 e. The third-order valence-corrected chi connectivity index (χ3v) is 5.40. The summed E-state index contributed by atoms with van der Waals surface area (Å²) in [7, 11) is 3.77. The summed E-state index contributed by atoms with van der Waals surface area (Å²) in [6.07, 6.45) is 0. The SMILES string of the molecule is COc1cccc(OCCN2CCN(CC(=O)N3CCN(C)CC3)CC2)c1.O=CO. The fraction of sp³-hybridized carbons (Fsp3) is 0.619. The number of rotatable bonds is 7. The molecular weight excluding hydrogens is 388 g/mol. The number of carboxylic acid groups (broad SMARTS) is 1. The van der Waals surface area contributed by atoms with Crippen molar-refractivity contribution in [1.82, 2.24) is 19.6 Å². The number of likely N-dealkylation sites (N-methyl/N-ethyl adjacent to an activating group) is 1. The summed E-state index contributed by atoms with van der Waals surface area (Å²) in [5, 5.41) is 6.89. The van der Waals surface area contributed by atoms with Gasteiger partial charge in [-0.25, -0.2) is 0 Å². The zero-order valence-corrected chi connectivity index (χ0v) is 18.0. The minimum atomic E-state index is -0.250. The normalized spacial score (nSPS) is 18.3. The summed E-state index contributed by atoms with van der Waals surface area (Å²) in [6, 6.07) is 7.70. The lowest BCUT2D eigenvalue weighted by Crippen LogP contribution is -2.53. The predicted octanol–water partition coefficient (Wildman–Crippen LogP) is 0.166. The average molecular weight is 423 g/mol. The van der Waals surface area contributed by atoms with Crippen molar-refractivity contribution in [3.8, 4) is 11.5 Å². The molecule has 1 aromatic rings. The van der Waals surface area contributed by atoms with Gasteiger partial charge in [-0.3, -0.25) is 19.4 Å². The minimum absolute atomic E-state index is 0.250. The van der Waals surface area contributed by atoms with E-state index in [0.717, 1.165) is 70.4 Å². The molecule has 1 amide bonds. The molecule has 0 unspecified atom stereocenters. The first-order chi connectivity index (χ1) is 14.5. The van der Waals surface area contributed by atoms with Gasteiger partial charge >= 0.3 is 0 Å². The molecule has 1 N–H and O–H groups in total. The smallest absolute Gasteiger partial charge is 0.290 e. The molecule has 9 heteroatoms. The van der Waals surface area contributed by atoms with Crippen LogP contribution in [-0.4, -0.2) is 123 Å². The molecule has 2 fully saturated rings. The topological polar surface area (TPSA) is 85.8 Å². The molecule has 0 saturated carbocycles. The number of piperazine rings is 2. The molecule has 0 aromatic heterocycles. The number of benzene rings is 1. The van der Waals surface area contributed by atoms with Crippen LogP contribution in [0, 0.1) is 0 Å². The van der Waals surface area contributed by atoms with Crippen molar-refractivity contribution < 1.29 is 24.2 Å². The van der Waals surface area contributed by atoms with Gasteiger partial charge in [0.25, 0.3) is 6.47 Å². The van der Waals surface area contributed by atoms with Gasteiger partial charge in [-0.15, -0.1) is 0 Å². The molecule has 0 bridgehead atoms. The zero-order chi connectivity index (χ0) is 21.8. The monoisotopic (exact) mass is 422 g/mol. The van der Waals surface area contributed by atoms with Gasteiger partial charge in [-0.1, -0.05) is 6.07 Å². The van der Waals surface area contributed by atoms with Crippen LogP contribution in [0.3, 0.4) is 0 Å². The summed E-state index contributed by atoms with van der Waals surface area (Å²) < 4.78 is 11.0. The molecule has 1 aromatic carbocycles. The first-order valence-electron chi connectivity index (χ1n) is 10.3. The lowest BCUT2D eigenvalue weighted by atomic mass is 10.3. The quantitative estimate of drug-likeness (QED) is 0.623. The Morgan fingerprint density at radius 1 is 1.03 bits per heavy atom. The maximum Gasteiger partial charge on any atom is 0.290 e. The predicted molar refractivity (Wildman–Crippen MR) is 114 cm³/mol. The second kappa shape index (κ2) is 13.0. The molecule has 2 aliphatic heterocycles. The second-order valence-corrected chi connectivity index (χ2v) is 7.43. The third kappa shape index (κ3) is 8.17. The van der Waals surface area contributed by atoms with E-state index in [0.29, 0.717) is 13.2 Å². The Kier molecular flexibility index (Phi) is 10.4. The summed E-state index contributed by atoms with van der Waals surface area (Å²) in [5.41, 5.74) is 0. The lowest BCUT2D eigenvalue weighted by molar-refractivity contribution is -0.134. The maximum absolute atomic E-state index is 12.5. The Hall–Kier alpha value is -2.36. The van der Waals surface area contributed by atoms with Gasteiger partial charge in [0.05, 0.1) is 13.7 Å². The van der Waals surface area contributed by atoms with Crippen molar-refractivity contribution in [3.63, 3.8) is 0 Å². The van der Waals surface area contributed by atoms with Crippen molar-refractivity contribution in [2.75, 3.05) is 86.2 Å². The van der Waals surface area contributed by atoms with Crippen molar-refractivity contribution in [2.24, 2.45) is 0 Å². The highest BCUT2D eigenvalue weighted by molar-refractivity contribution is 5.78. The van der Waals surface area contributed by atoms with Crippen LogP contribution in [0.5, 0.6) is 11.5 Å². The molecule has 3 rings (SSSR count). The van der Waals surface area contributed by atoms with Crippen molar-refractivity contribution in [2.45, 2.75) is 0 Å². The van der Waals surface area contributed by atoms with E-state index in [1.807, 2.05) is 29.2 Å². The fourth-order valence-electron chi connectivity index (χ4n) is 3.50. The van der Waals surface area contributed by atoms with E-state index >= 15 is 0 Å². The van der Waals surface area contributed by atoms with Crippen LogP contribution in [0.4, 0.5) is 0 Å². The Balaban J connectivity index is 0.00000101. The van der Waals surface area contributed by atoms with Gasteiger partial charge in [-0.2, -0.15) is 0 Å². The minimum Gasteiger partial charge on any atom is -0.497 e. The van der Waals surface area contributed by atoms with Crippen molar-refractivity contribution in [1.29, 1.82) is 0 Å². The summed E-state index contributed by atoms with van der Waals surface area (Å²) in [4.78, 5) is 29.8. The van der Waals surface area contributed by atoms with Crippen LogP contribution >= 0.6 is 0 Å². The average Bonchev–Trinajstić information content (AvgIpc) is 2.76. The van der Waals surface area contributed by atoms with Gasteiger partial charge in [-0.05, 0) is 19.2 Å². The van der Waals surface area contributed by atoms with E-state index in [1.165, 1.54) is 0 Å². The lowest BCUT2D eigenvalue weighted by Gasteiger charge is -2.37. The number of ether oxygens (including phenoxy) is 2. The number of carbonyl (C=O) groups excluding carboxylic acids is 1. The van der Waals surface area contributed by atoms with Crippen LogP contribution in [0.15, 0.2) is 24.3 Å². The molecule has 2 heterocycles.